The van der Waals surface area contributed by atoms with Gasteiger partial charge in [0.2, 0.25) is 0 Å². The molecule has 0 bridgehead atoms. The fraction of sp³-hybridized carbons (Fsp3) is 0.300. The van der Waals surface area contributed by atoms with Gasteiger partial charge in [-0.3, -0.25) is 0 Å². The van der Waals surface area contributed by atoms with Gasteiger partial charge in [-0.15, -0.1) is 23.1 Å². The van der Waals surface area contributed by atoms with Crippen molar-refractivity contribution in [1.82, 2.24) is 0 Å². The first kappa shape index (κ1) is 14.3. The Morgan fingerprint density at radius 2 is 1.68 bits per heavy atom. The van der Waals surface area contributed by atoms with Crippen LogP contribution in [0.1, 0.15) is 42.7 Å². The van der Waals surface area contributed by atoms with E-state index in [4.69, 9.17) is 0 Å². The zero-order valence-electron chi connectivity index (χ0n) is 13.2. The van der Waals surface area contributed by atoms with Crippen molar-refractivity contribution in [3.8, 4) is 0 Å². The lowest BCUT2D eigenvalue weighted by Crippen LogP contribution is -2.19. The second-order valence-electron chi connectivity index (χ2n) is 7.08. The summed E-state index contributed by atoms with van der Waals surface area (Å²) < 4.78 is 1.42. The summed E-state index contributed by atoms with van der Waals surface area (Å²) in [6.07, 6.45) is 0. The highest BCUT2D eigenvalue weighted by Crippen LogP contribution is 2.53. The van der Waals surface area contributed by atoms with Crippen LogP contribution in [0, 0.1) is 5.41 Å². The first-order valence-corrected chi connectivity index (χ1v) is 9.58. The second kappa shape index (κ2) is 5.14. The van der Waals surface area contributed by atoms with E-state index in [-0.39, 0.29) is 5.41 Å². The molecule has 0 nitrogen and oxygen atoms in total. The molecule has 0 aliphatic carbocycles. The van der Waals surface area contributed by atoms with Crippen LogP contribution < -0.4 is 0 Å². The van der Waals surface area contributed by atoms with Crippen LogP contribution in [0.15, 0.2) is 53.4 Å². The summed E-state index contributed by atoms with van der Waals surface area (Å²) in [5.74, 6) is 1.56. The van der Waals surface area contributed by atoms with E-state index in [9.17, 15) is 0 Å². The highest BCUT2D eigenvalue weighted by Gasteiger charge is 2.35. The summed E-state index contributed by atoms with van der Waals surface area (Å²) in [4.78, 5) is 3.07. The highest BCUT2D eigenvalue weighted by molar-refractivity contribution is 7.99. The largest absolute Gasteiger partial charge is 0.138 e. The fourth-order valence-electron chi connectivity index (χ4n) is 3.48. The minimum Gasteiger partial charge on any atom is -0.138 e. The molecule has 0 saturated heterocycles. The van der Waals surface area contributed by atoms with Crippen LogP contribution in [0.3, 0.4) is 0 Å². The predicted molar refractivity (Wildman–Crippen MR) is 99.1 cm³/mol. The minimum absolute atomic E-state index is 0.219. The molecule has 4 rings (SSSR count). The van der Waals surface area contributed by atoms with E-state index >= 15 is 0 Å². The number of hydrogen-bond donors (Lipinski definition) is 0. The molecule has 1 aliphatic rings. The monoisotopic (exact) mass is 324 g/mol. The smallest absolute Gasteiger partial charge is 0.0357 e. The first-order chi connectivity index (χ1) is 10.6. The van der Waals surface area contributed by atoms with Gasteiger partial charge in [0, 0.05) is 31.5 Å². The van der Waals surface area contributed by atoms with Crippen LogP contribution in [0.2, 0.25) is 0 Å². The van der Waals surface area contributed by atoms with E-state index in [1.807, 2.05) is 23.1 Å². The van der Waals surface area contributed by atoms with Gasteiger partial charge in [0.1, 0.15) is 0 Å². The van der Waals surface area contributed by atoms with Gasteiger partial charge in [-0.2, -0.15) is 0 Å². The second-order valence-corrected chi connectivity index (χ2v) is 9.15. The number of rotatable bonds is 0. The number of fused-ring (bicyclic) bond motifs is 4. The summed E-state index contributed by atoms with van der Waals surface area (Å²) in [5, 5.41) is 1.44. The third-order valence-electron chi connectivity index (χ3n) is 4.44. The first-order valence-electron chi connectivity index (χ1n) is 7.78. The van der Waals surface area contributed by atoms with Crippen LogP contribution in [0.5, 0.6) is 0 Å². The summed E-state index contributed by atoms with van der Waals surface area (Å²) in [6, 6.07) is 17.9. The molecule has 0 N–H and O–H groups in total. The molecule has 1 aromatic heterocycles. The van der Waals surface area contributed by atoms with Crippen molar-refractivity contribution in [3.63, 3.8) is 0 Å². The Labute approximate surface area is 140 Å². The van der Waals surface area contributed by atoms with Crippen molar-refractivity contribution in [1.29, 1.82) is 0 Å². The molecule has 22 heavy (non-hydrogen) atoms. The highest BCUT2D eigenvalue weighted by atomic mass is 32.2. The average molecular weight is 325 g/mol. The van der Waals surface area contributed by atoms with Crippen LogP contribution in [-0.2, 0) is 5.75 Å². The molecule has 0 spiro atoms. The minimum atomic E-state index is 0.219. The topological polar surface area (TPSA) is 0 Å². The van der Waals surface area contributed by atoms with Gasteiger partial charge >= 0.3 is 0 Å². The molecule has 0 saturated carbocycles. The van der Waals surface area contributed by atoms with E-state index in [1.165, 1.54) is 26.1 Å². The normalized spacial score (nSPS) is 17.9. The maximum Gasteiger partial charge on any atom is 0.0357 e. The van der Waals surface area contributed by atoms with Crippen molar-refractivity contribution in [3.05, 3.63) is 64.5 Å². The van der Waals surface area contributed by atoms with Gasteiger partial charge in [0.15, 0.2) is 0 Å². The van der Waals surface area contributed by atoms with Crippen molar-refractivity contribution >= 4 is 33.2 Å². The van der Waals surface area contributed by atoms with Crippen molar-refractivity contribution in [2.24, 2.45) is 5.41 Å². The molecule has 3 aromatic rings. The van der Waals surface area contributed by atoms with Gasteiger partial charge in [0.25, 0.3) is 0 Å². The quantitative estimate of drug-likeness (QED) is 0.444. The molecule has 1 unspecified atom stereocenters. The van der Waals surface area contributed by atoms with Gasteiger partial charge in [-0.05, 0) is 22.6 Å². The lowest BCUT2D eigenvalue weighted by Gasteiger charge is -2.31. The molecule has 1 aliphatic heterocycles. The molecule has 1 atom stereocenters. The zero-order chi connectivity index (χ0) is 15.3. The Balaban J connectivity index is 2.03. The maximum absolute atomic E-state index is 2.37. The van der Waals surface area contributed by atoms with Crippen LogP contribution in [-0.4, -0.2) is 0 Å². The molecule has 2 heteroatoms. The Morgan fingerprint density at radius 3 is 2.50 bits per heavy atom. The molecule has 0 radical (unpaired) electrons. The molecule has 0 fully saturated rings. The number of benzene rings is 2. The Hall–Kier alpha value is -1.25. The van der Waals surface area contributed by atoms with Crippen molar-refractivity contribution in [2.75, 3.05) is 0 Å². The summed E-state index contributed by atoms with van der Waals surface area (Å²) >= 11 is 4.01. The van der Waals surface area contributed by atoms with E-state index in [2.05, 4.69) is 69.3 Å². The van der Waals surface area contributed by atoms with E-state index in [0.29, 0.717) is 5.92 Å². The molecule has 0 amide bonds. The maximum atomic E-state index is 2.37. The molecule has 2 aromatic carbocycles. The number of thioether (sulfide) groups is 1. The van der Waals surface area contributed by atoms with E-state index in [0.717, 1.165) is 5.75 Å². The molecule has 2 heterocycles. The fourth-order valence-corrected chi connectivity index (χ4v) is 6.47. The third-order valence-corrected chi connectivity index (χ3v) is 6.99. The van der Waals surface area contributed by atoms with Crippen LogP contribution >= 0.6 is 23.1 Å². The van der Waals surface area contributed by atoms with Gasteiger partial charge < -0.3 is 0 Å². The van der Waals surface area contributed by atoms with Gasteiger partial charge in [0.05, 0.1) is 0 Å². The van der Waals surface area contributed by atoms with Crippen molar-refractivity contribution in [2.45, 2.75) is 37.3 Å². The number of thiophene rings is 1. The lowest BCUT2D eigenvalue weighted by atomic mass is 9.74. The van der Waals surface area contributed by atoms with Crippen molar-refractivity contribution < 1.29 is 0 Å². The third kappa shape index (κ3) is 2.21. The lowest BCUT2D eigenvalue weighted by molar-refractivity contribution is 0.359. The van der Waals surface area contributed by atoms with Gasteiger partial charge in [-0.1, -0.05) is 63.2 Å². The molecular weight excluding hydrogens is 304 g/mol. The Kier molecular flexibility index (Phi) is 3.35. The van der Waals surface area contributed by atoms with E-state index in [1.54, 1.807) is 4.88 Å². The molecular formula is C20H20S2. The predicted octanol–water partition coefficient (Wildman–Crippen LogP) is 6.69. The summed E-state index contributed by atoms with van der Waals surface area (Å²) in [7, 11) is 0. The van der Waals surface area contributed by atoms with Crippen LogP contribution in [0.25, 0.3) is 10.1 Å². The number of hydrogen-bond acceptors (Lipinski definition) is 2. The Morgan fingerprint density at radius 1 is 0.955 bits per heavy atom. The molecule has 112 valence electrons. The summed E-state index contributed by atoms with van der Waals surface area (Å²) in [6.45, 7) is 7.12. The SMILES string of the molecule is CC(C)(C)C1c2ccccc2CSc2c1sc1ccccc21. The average Bonchev–Trinajstić information content (AvgIpc) is 2.74. The summed E-state index contributed by atoms with van der Waals surface area (Å²) in [5.41, 5.74) is 3.24. The Bertz CT molecular complexity index is 836. The van der Waals surface area contributed by atoms with E-state index < -0.39 is 0 Å². The standard InChI is InChI=1S/C20H20S2/c1-20(2,3)17-14-9-5-4-8-13(14)12-21-18-15-10-6-7-11-16(15)22-19(17)18/h4-11,17H,12H2,1-3H3. The zero-order valence-corrected chi connectivity index (χ0v) is 14.9. The van der Waals surface area contributed by atoms with Crippen LogP contribution in [0.4, 0.5) is 0 Å². The van der Waals surface area contributed by atoms with Gasteiger partial charge in [-0.25, -0.2) is 0 Å².